The zero-order chi connectivity index (χ0) is 37.3. The first-order valence-electron chi connectivity index (χ1n) is 17.1. The molecule has 7 aliphatic rings. The summed E-state index contributed by atoms with van der Waals surface area (Å²) in [5.41, 5.74) is -18.4. The summed E-state index contributed by atoms with van der Waals surface area (Å²) in [6.45, 7) is 8.11. The Hall–Kier alpha value is -3.57. The van der Waals surface area contributed by atoms with E-state index in [-0.39, 0.29) is 6.42 Å². The van der Waals surface area contributed by atoms with Crippen LogP contribution in [0, 0.1) is 33.5 Å². The first-order chi connectivity index (χ1) is 23.7. The molecule has 2 bridgehead atoms. The van der Waals surface area contributed by atoms with Crippen LogP contribution in [-0.4, -0.2) is 110 Å². The highest BCUT2D eigenvalue weighted by atomic mass is 16.6. The lowest BCUT2D eigenvalue weighted by Gasteiger charge is -2.76. The van der Waals surface area contributed by atoms with E-state index in [1.165, 1.54) is 33.3 Å². The molecule has 0 amide bonds. The first kappa shape index (κ1) is 34.5. The number of rotatable bonds is 7. The van der Waals surface area contributed by atoms with Gasteiger partial charge < -0.3 is 53.3 Å². The Bertz CT molecular complexity index is 1780. The van der Waals surface area contributed by atoms with E-state index in [9.17, 15) is 44.4 Å². The molecule has 2 aliphatic heterocycles. The largest absolute Gasteiger partial charge is 0.472 e. The van der Waals surface area contributed by atoms with Gasteiger partial charge in [0.15, 0.2) is 30.0 Å². The number of hydrogen-bond donors (Lipinski definition) is 4. The molecule has 3 heterocycles. The number of fused-ring (bicyclic) bond motifs is 3. The molecule has 16 heteroatoms. The second-order valence-corrected chi connectivity index (χ2v) is 16.4. The molecule has 0 aromatic carbocycles. The van der Waals surface area contributed by atoms with Crippen LogP contribution in [0.3, 0.4) is 0 Å². The van der Waals surface area contributed by atoms with E-state index in [2.05, 4.69) is 0 Å². The third kappa shape index (κ3) is 3.19. The monoisotopic (exact) mass is 718 g/mol. The van der Waals surface area contributed by atoms with Gasteiger partial charge in [0.05, 0.1) is 42.5 Å². The lowest BCUT2D eigenvalue weighted by atomic mass is 9.33. The number of ether oxygens (including phenoxy) is 6. The van der Waals surface area contributed by atoms with Crippen LogP contribution in [0.2, 0.25) is 0 Å². The fourth-order valence-electron chi connectivity index (χ4n) is 12.7. The summed E-state index contributed by atoms with van der Waals surface area (Å²) in [5.74, 6) is -6.62. The van der Waals surface area contributed by atoms with Gasteiger partial charge in [-0.3, -0.25) is 19.2 Å². The van der Waals surface area contributed by atoms with E-state index in [1.54, 1.807) is 13.0 Å². The minimum atomic E-state index is -2.98. The van der Waals surface area contributed by atoms with Gasteiger partial charge in [-0.25, -0.2) is 4.79 Å². The minimum Gasteiger partial charge on any atom is -0.472 e. The van der Waals surface area contributed by atoms with E-state index < -0.39 is 135 Å². The van der Waals surface area contributed by atoms with Crippen LogP contribution in [0.4, 0.5) is 0 Å². The molecule has 5 saturated carbocycles. The van der Waals surface area contributed by atoms with Gasteiger partial charge in [0.1, 0.15) is 22.9 Å². The van der Waals surface area contributed by atoms with Crippen molar-refractivity contribution >= 4 is 29.8 Å². The molecule has 7 fully saturated rings. The molecule has 1 aromatic rings. The molecular formula is C35H42O16. The van der Waals surface area contributed by atoms with Crippen LogP contribution < -0.4 is 0 Å². The maximum atomic E-state index is 14.2. The summed E-state index contributed by atoms with van der Waals surface area (Å²) >= 11 is 0. The summed E-state index contributed by atoms with van der Waals surface area (Å²) in [6, 6.07) is 1.54. The number of methoxy groups -OCH3 is 1. The second kappa shape index (κ2) is 9.69. The Morgan fingerprint density at radius 2 is 1.61 bits per heavy atom. The van der Waals surface area contributed by atoms with Gasteiger partial charge in [-0.05, 0) is 24.8 Å². The SMILES string of the molecule is COC(=O)C[C@@H]1C2(C)C3(O)C[C@@]1(C)[C@H](OC(C)=O)C3(O)[C@H]1OC(=O)[C@@H]3O[C@H](c4ccoc4)[C@@]45C[C@@]34[C@]1(O)[C@]2(O)[C@H](OC(=O)C(C)C)[C@@H]5OC(C)=O. The highest BCUT2D eigenvalue weighted by Crippen LogP contribution is 2.93. The van der Waals surface area contributed by atoms with Crippen molar-refractivity contribution in [3.05, 3.63) is 24.2 Å². The van der Waals surface area contributed by atoms with Gasteiger partial charge in [0.25, 0.3) is 0 Å². The quantitative estimate of drug-likeness (QED) is 0.215. The number of carbonyl (C=O) groups excluding carboxylic acids is 5. The third-order valence-electron chi connectivity index (χ3n) is 14.3. The van der Waals surface area contributed by atoms with Crippen molar-refractivity contribution in [2.24, 2.45) is 33.5 Å². The Morgan fingerprint density at radius 3 is 2.18 bits per heavy atom. The fourth-order valence-corrected chi connectivity index (χ4v) is 12.7. The van der Waals surface area contributed by atoms with Crippen molar-refractivity contribution < 1.29 is 77.2 Å². The van der Waals surface area contributed by atoms with Gasteiger partial charge in [-0.2, -0.15) is 0 Å². The topological polar surface area (TPSA) is 235 Å². The highest BCUT2D eigenvalue weighted by Gasteiger charge is 3.08. The molecule has 0 radical (unpaired) electrons. The second-order valence-electron chi connectivity index (χ2n) is 16.4. The van der Waals surface area contributed by atoms with Crippen LogP contribution in [0.5, 0.6) is 0 Å². The molecule has 2 saturated heterocycles. The fraction of sp³-hybridized carbons (Fsp3) is 0.743. The van der Waals surface area contributed by atoms with Crippen molar-refractivity contribution in [3.8, 4) is 0 Å². The van der Waals surface area contributed by atoms with Gasteiger partial charge in [-0.1, -0.05) is 27.7 Å². The first-order valence-corrected chi connectivity index (χ1v) is 17.1. The van der Waals surface area contributed by atoms with Crippen molar-refractivity contribution in [2.45, 2.75) is 120 Å². The molecule has 16 nitrogen and oxygen atoms in total. The predicted octanol–water partition coefficient (Wildman–Crippen LogP) is 0.0134. The summed E-state index contributed by atoms with van der Waals surface area (Å²) in [5, 5.41) is 54.2. The standard InChI is InChI=1S/C35H42O16/c1-14(2)24(39)50-22-21(47-15(3)36)30-13-31(30)23(49-20(30)17-8-9-46-11-17)25(40)51-27-33(42)26(48-16(4)37)28(5)12-32(33,41)29(6,18(28)10-19(38)45-7)34(22,43)35(27,31)44/h8-9,11,14,18,20-23,26-27,41-44H,10,12-13H2,1-7H3/t18-,20+,21-,22+,23-,26-,27+,28+,29?,30+,31+,32?,33?,34-,35-/m0/s1. The van der Waals surface area contributed by atoms with Crippen LogP contribution >= 0.6 is 0 Å². The Morgan fingerprint density at radius 1 is 0.941 bits per heavy atom. The smallest absolute Gasteiger partial charge is 0.336 e. The summed E-state index contributed by atoms with van der Waals surface area (Å²) in [6.07, 6.45) is -8.95. The van der Waals surface area contributed by atoms with E-state index in [0.29, 0.717) is 5.56 Å². The maximum absolute atomic E-state index is 14.2. The Labute approximate surface area is 291 Å². The number of aliphatic hydroxyl groups is 4. The maximum Gasteiger partial charge on any atom is 0.336 e. The van der Waals surface area contributed by atoms with E-state index >= 15 is 0 Å². The number of furan rings is 1. The van der Waals surface area contributed by atoms with Crippen LogP contribution in [-0.2, 0) is 52.4 Å². The number of carbonyl (C=O) groups is 5. The molecule has 278 valence electrons. The summed E-state index contributed by atoms with van der Waals surface area (Å²) in [7, 11) is 1.13. The lowest BCUT2D eigenvalue weighted by Crippen LogP contribution is -2.98. The molecule has 8 rings (SSSR count). The van der Waals surface area contributed by atoms with E-state index in [0.717, 1.165) is 21.0 Å². The zero-order valence-electron chi connectivity index (χ0n) is 29.2. The van der Waals surface area contributed by atoms with Gasteiger partial charge in [0, 0.05) is 36.7 Å². The highest BCUT2D eigenvalue weighted by molar-refractivity contribution is 5.83. The molecule has 5 aliphatic carbocycles. The average Bonchev–Trinajstić information content (AvgIpc) is 3.30. The molecule has 4 N–H and O–H groups in total. The van der Waals surface area contributed by atoms with Gasteiger partial charge in [-0.15, -0.1) is 0 Å². The Balaban J connectivity index is 1.50. The predicted molar refractivity (Wildman–Crippen MR) is 162 cm³/mol. The molecular weight excluding hydrogens is 676 g/mol. The molecule has 1 spiro atoms. The minimum absolute atomic E-state index is 0.194. The molecule has 3 unspecified atom stereocenters. The summed E-state index contributed by atoms with van der Waals surface area (Å²) < 4.78 is 40.7. The molecule has 51 heavy (non-hydrogen) atoms. The van der Waals surface area contributed by atoms with Crippen LogP contribution in [0.1, 0.15) is 72.5 Å². The normalized spacial score (nSPS) is 52.0. The third-order valence-corrected chi connectivity index (χ3v) is 14.3. The zero-order valence-corrected chi connectivity index (χ0v) is 29.2. The molecule has 1 aromatic heterocycles. The van der Waals surface area contributed by atoms with Crippen molar-refractivity contribution in [1.29, 1.82) is 0 Å². The van der Waals surface area contributed by atoms with Crippen LogP contribution in [0.15, 0.2) is 23.0 Å². The average molecular weight is 719 g/mol. The van der Waals surface area contributed by atoms with E-state index in [1.807, 2.05) is 0 Å². The van der Waals surface area contributed by atoms with Gasteiger partial charge >= 0.3 is 29.8 Å². The number of hydrogen-bond acceptors (Lipinski definition) is 16. The Kier molecular flexibility index (Phi) is 6.56. The lowest BCUT2D eigenvalue weighted by molar-refractivity contribution is -0.458. The van der Waals surface area contributed by atoms with Crippen LogP contribution in [0.25, 0.3) is 0 Å². The summed E-state index contributed by atoms with van der Waals surface area (Å²) in [4.78, 5) is 67.0. The number of esters is 5. The van der Waals surface area contributed by atoms with E-state index in [4.69, 9.17) is 32.8 Å². The van der Waals surface area contributed by atoms with Crippen molar-refractivity contribution in [2.75, 3.05) is 7.11 Å². The van der Waals surface area contributed by atoms with Crippen molar-refractivity contribution in [1.82, 2.24) is 0 Å². The molecule has 15 atom stereocenters. The van der Waals surface area contributed by atoms with Gasteiger partial charge in [0.2, 0.25) is 0 Å². The van der Waals surface area contributed by atoms with Crippen molar-refractivity contribution in [3.63, 3.8) is 0 Å².